The van der Waals surface area contributed by atoms with Crippen molar-refractivity contribution in [3.63, 3.8) is 0 Å². The van der Waals surface area contributed by atoms with E-state index >= 15 is 0 Å². The Bertz CT molecular complexity index is 1410. The molecule has 2 aliphatic rings. The van der Waals surface area contributed by atoms with E-state index in [1.165, 1.54) is 0 Å². The normalized spacial score (nSPS) is 23.7. The van der Waals surface area contributed by atoms with E-state index < -0.39 is 37.3 Å². The first-order chi connectivity index (χ1) is 22.9. The van der Waals surface area contributed by atoms with Crippen molar-refractivity contribution in [1.82, 2.24) is 25.6 Å². The van der Waals surface area contributed by atoms with Crippen LogP contribution in [0.25, 0.3) is 11.3 Å². The largest absolute Gasteiger partial charge is 0.394 e. The highest BCUT2D eigenvalue weighted by Crippen LogP contribution is 2.22. The van der Waals surface area contributed by atoms with Gasteiger partial charge >= 0.3 is 0 Å². The maximum atomic E-state index is 12.5. The van der Waals surface area contributed by atoms with E-state index in [1.54, 1.807) is 47.3 Å². The standard InChI is InChI=1S/C32H41N5O10/c38-21-26-28(40)29(41)30(42)32(47-26)46-19-18-45-17-16-44-15-14-37-20-25(35-36-37)22-8-10-23(11-9-22)31(43)33-13-12-27(39)34-24-6-4-2-1-3-5-7-24/h1-11,20,26,28-30,32,38,40-42H,12-19,21H2,(H,33,43)(H,34,39)/b2-1-,3-1?,4-2?,5-3-,6-4?,7-5?,24-6?,24-7?/t26-,28-,29+,30+,32?/m1/s1. The minimum absolute atomic E-state index is 0.0580. The van der Waals surface area contributed by atoms with Crippen LogP contribution < -0.4 is 10.6 Å². The zero-order chi connectivity index (χ0) is 33.4. The van der Waals surface area contributed by atoms with Gasteiger partial charge in [0.25, 0.3) is 5.91 Å². The molecule has 5 atom stereocenters. The van der Waals surface area contributed by atoms with Crippen LogP contribution in [-0.2, 0) is 30.3 Å². The average Bonchev–Trinajstić information content (AvgIpc) is 3.54. The van der Waals surface area contributed by atoms with Crippen LogP contribution in [-0.4, -0.2) is 124 Å². The summed E-state index contributed by atoms with van der Waals surface area (Å²) in [6, 6.07) is 6.93. The van der Waals surface area contributed by atoms with Gasteiger partial charge in [0.2, 0.25) is 5.91 Å². The Kier molecular flexibility index (Phi) is 14.4. The minimum Gasteiger partial charge on any atom is -0.394 e. The fourth-order valence-corrected chi connectivity index (χ4v) is 4.51. The van der Waals surface area contributed by atoms with E-state index in [4.69, 9.17) is 18.9 Å². The number of carbonyl (C=O) groups excluding carboxylic acids is 2. The molecule has 0 saturated carbocycles. The van der Waals surface area contributed by atoms with Gasteiger partial charge in [-0.25, -0.2) is 4.68 Å². The number of aromatic nitrogens is 3. The molecule has 1 aliphatic carbocycles. The molecule has 1 saturated heterocycles. The van der Waals surface area contributed by atoms with Crippen molar-refractivity contribution in [3.05, 3.63) is 84.3 Å². The quantitative estimate of drug-likeness (QED) is 0.120. The molecule has 254 valence electrons. The number of hydrogen-bond acceptors (Lipinski definition) is 12. The summed E-state index contributed by atoms with van der Waals surface area (Å²) in [5.74, 6) is -0.483. The molecule has 0 bridgehead atoms. The topological polar surface area (TPSA) is 207 Å². The smallest absolute Gasteiger partial charge is 0.251 e. The lowest BCUT2D eigenvalue weighted by Gasteiger charge is -2.39. The first-order valence-electron chi connectivity index (χ1n) is 15.2. The number of amides is 2. The summed E-state index contributed by atoms with van der Waals surface area (Å²) in [4.78, 5) is 24.8. The van der Waals surface area contributed by atoms with Crippen molar-refractivity contribution < 1.29 is 49.0 Å². The number of benzene rings is 1. The highest BCUT2D eigenvalue weighted by molar-refractivity contribution is 5.94. The lowest BCUT2D eigenvalue weighted by atomic mass is 9.99. The number of hydrogen-bond donors (Lipinski definition) is 6. The van der Waals surface area contributed by atoms with Crippen molar-refractivity contribution in [3.8, 4) is 11.3 Å². The van der Waals surface area contributed by atoms with Gasteiger partial charge in [-0.2, -0.15) is 0 Å². The van der Waals surface area contributed by atoms with Crippen molar-refractivity contribution >= 4 is 11.8 Å². The summed E-state index contributed by atoms with van der Waals surface area (Å²) < 4.78 is 23.3. The van der Waals surface area contributed by atoms with Crippen LogP contribution in [0.2, 0.25) is 0 Å². The molecule has 6 N–H and O–H groups in total. The fourth-order valence-electron chi connectivity index (χ4n) is 4.51. The molecule has 1 fully saturated rings. The maximum Gasteiger partial charge on any atom is 0.251 e. The number of allylic oxidation sites excluding steroid dienone is 7. The SMILES string of the molecule is O=C(CCNC(=O)c1ccc(-c2cn(CCOCCOCCOC3O[C@H](CO)[C@@H](O)[C@H](O)[C@@H]3O)nn2)cc1)NC1=C/C=C\C=C/C=C1. The van der Waals surface area contributed by atoms with Crippen LogP contribution in [0.4, 0.5) is 0 Å². The number of rotatable bonds is 17. The third-order valence-corrected chi connectivity index (χ3v) is 7.09. The fraction of sp³-hybridized carbons (Fsp3) is 0.438. The van der Waals surface area contributed by atoms with Gasteiger partial charge in [-0.15, -0.1) is 5.10 Å². The molecule has 1 unspecified atom stereocenters. The third kappa shape index (κ3) is 11.3. The molecule has 15 heteroatoms. The first-order valence-corrected chi connectivity index (χ1v) is 15.2. The number of aliphatic hydroxyl groups is 4. The molecule has 2 aromatic rings. The molecule has 2 heterocycles. The Morgan fingerprint density at radius 1 is 0.894 bits per heavy atom. The van der Waals surface area contributed by atoms with Gasteiger partial charge in [0.1, 0.15) is 30.1 Å². The molecule has 0 spiro atoms. The molecule has 2 amide bonds. The molecular weight excluding hydrogens is 614 g/mol. The van der Waals surface area contributed by atoms with Crippen LogP contribution in [0.5, 0.6) is 0 Å². The van der Waals surface area contributed by atoms with Crippen molar-refractivity contribution in [1.29, 1.82) is 0 Å². The van der Waals surface area contributed by atoms with E-state index in [-0.39, 0.29) is 38.0 Å². The Hall–Kier alpha value is -4.06. The van der Waals surface area contributed by atoms with Gasteiger partial charge in [-0.05, 0) is 24.3 Å². The first kappa shape index (κ1) is 35.8. The third-order valence-electron chi connectivity index (χ3n) is 7.09. The molecule has 1 aromatic heterocycles. The molecule has 0 radical (unpaired) electrons. The lowest BCUT2D eigenvalue weighted by Crippen LogP contribution is -2.59. The van der Waals surface area contributed by atoms with Crippen molar-refractivity contribution in [2.45, 2.75) is 43.7 Å². The van der Waals surface area contributed by atoms with E-state index in [1.807, 2.05) is 30.4 Å². The summed E-state index contributed by atoms with van der Waals surface area (Å²) in [7, 11) is 0. The Morgan fingerprint density at radius 2 is 1.62 bits per heavy atom. The second kappa shape index (κ2) is 18.9. The predicted molar refractivity (Wildman–Crippen MR) is 167 cm³/mol. The van der Waals surface area contributed by atoms with E-state index in [0.29, 0.717) is 43.3 Å². The second-order valence-corrected chi connectivity index (χ2v) is 10.5. The monoisotopic (exact) mass is 655 g/mol. The van der Waals surface area contributed by atoms with Gasteiger partial charge in [-0.1, -0.05) is 47.7 Å². The van der Waals surface area contributed by atoms with Gasteiger partial charge < -0.3 is 50.0 Å². The van der Waals surface area contributed by atoms with Gasteiger partial charge in [-0.3, -0.25) is 9.59 Å². The molecule has 4 rings (SSSR count). The Balaban J connectivity index is 1.07. The summed E-state index contributed by atoms with van der Waals surface area (Å²) in [6.07, 6.45) is 8.17. The minimum atomic E-state index is -1.49. The predicted octanol–water partition coefficient (Wildman–Crippen LogP) is -0.403. The molecule has 1 aromatic carbocycles. The number of nitrogens with zero attached hydrogens (tertiary/aromatic N) is 3. The molecule has 47 heavy (non-hydrogen) atoms. The van der Waals surface area contributed by atoms with Crippen LogP contribution >= 0.6 is 0 Å². The summed E-state index contributed by atoms with van der Waals surface area (Å²) in [5, 5.41) is 52.6. The lowest BCUT2D eigenvalue weighted by molar-refractivity contribution is -0.302. The van der Waals surface area contributed by atoms with Gasteiger partial charge in [0.15, 0.2) is 6.29 Å². The van der Waals surface area contributed by atoms with Crippen molar-refractivity contribution in [2.75, 3.05) is 46.2 Å². The van der Waals surface area contributed by atoms with E-state index in [9.17, 15) is 30.0 Å². The van der Waals surface area contributed by atoms with Crippen LogP contribution in [0.1, 0.15) is 16.8 Å². The van der Waals surface area contributed by atoms with Crippen LogP contribution in [0.15, 0.2) is 78.7 Å². The number of nitrogens with one attached hydrogen (secondary N) is 2. The van der Waals surface area contributed by atoms with Gasteiger partial charge in [0, 0.05) is 29.8 Å². The molecule has 15 nitrogen and oxygen atoms in total. The molecular formula is C32H41N5O10. The summed E-state index contributed by atoms with van der Waals surface area (Å²) >= 11 is 0. The summed E-state index contributed by atoms with van der Waals surface area (Å²) in [6.45, 7) is 1.34. The van der Waals surface area contributed by atoms with Crippen molar-refractivity contribution in [2.24, 2.45) is 0 Å². The summed E-state index contributed by atoms with van der Waals surface area (Å²) in [5.41, 5.74) is 2.56. The van der Waals surface area contributed by atoms with Crippen LogP contribution in [0, 0.1) is 0 Å². The van der Waals surface area contributed by atoms with E-state index in [2.05, 4.69) is 20.9 Å². The highest BCUT2D eigenvalue weighted by atomic mass is 16.7. The Morgan fingerprint density at radius 3 is 2.40 bits per heavy atom. The van der Waals surface area contributed by atoms with Crippen LogP contribution in [0.3, 0.4) is 0 Å². The zero-order valence-corrected chi connectivity index (χ0v) is 25.8. The number of aliphatic hydroxyl groups excluding tert-OH is 4. The zero-order valence-electron chi connectivity index (χ0n) is 25.8. The Labute approximate surface area is 271 Å². The molecule has 1 aliphatic heterocycles. The number of ether oxygens (including phenoxy) is 4. The van der Waals surface area contributed by atoms with Gasteiger partial charge in [0.05, 0.1) is 52.4 Å². The highest BCUT2D eigenvalue weighted by Gasteiger charge is 2.43. The number of carbonyl (C=O) groups is 2. The maximum absolute atomic E-state index is 12.5. The average molecular weight is 656 g/mol. The van der Waals surface area contributed by atoms with E-state index in [0.717, 1.165) is 5.56 Å². The second-order valence-electron chi connectivity index (χ2n) is 10.5.